The summed E-state index contributed by atoms with van der Waals surface area (Å²) in [6.07, 6.45) is 3.44. The lowest BCUT2D eigenvalue weighted by molar-refractivity contribution is 0.0215. The molecule has 0 aromatic heterocycles. The van der Waals surface area contributed by atoms with Crippen LogP contribution in [0.25, 0.3) is 0 Å². The highest BCUT2D eigenvalue weighted by molar-refractivity contribution is 4.96. The Bertz CT molecular complexity index is 171. The predicted molar refractivity (Wildman–Crippen MR) is 55.9 cm³/mol. The van der Waals surface area contributed by atoms with Crippen molar-refractivity contribution in [3.63, 3.8) is 0 Å². The van der Waals surface area contributed by atoms with E-state index in [9.17, 15) is 0 Å². The second kappa shape index (κ2) is 4.77. The molecule has 1 aliphatic rings. The van der Waals surface area contributed by atoms with Crippen LogP contribution in [-0.4, -0.2) is 25.3 Å². The van der Waals surface area contributed by atoms with Gasteiger partial charge < -0.3 is 10.1 Å². The lowest BCUT2D eigenvalue weighted by Gasteiger charge is -2.23. The van der Waals surface area contributed by atoms with E-state index in [1.807, 2.05) is 0 Å². The van der Waals surface area contributed by atoms with E-state index in [1.165, 1.54) is 18.4 Å². The van der Waals surface area contributed by atoms with Crippen molar-refractivity contribution in [1.29, 1.82) is 0 Å². The number of hydrogen-bond acceptors (Lipinski definition) is 2. The van der Waals surface area contributed by atoms with Gasteiger partial charge in [0.15, 0.2) is 0 Å². The zero-order chi connectivity index (χ0) is 9.73. The lowest BCUT2D eigenvalue weighted by atomic mass is 10.0. The van der Waals surface area contributed by atoms with Crippen LogP contribution >= 0.6 is 0 Å². The molecule has 1 aliphatic heterocycles. The molecule has 13 heavy (non-hydrogen) atoms. The summed E-state index contributed by atoms with van der Waals surface area (Å²) in [6, 6.07) is 0. The first kappa shape index (κ1) is 10.7. The van der Waals surface area contributed by atoms with Crippen LogP contribution in [0.1, 0.15) is 33.1 Å². The molecule has 0 aromatic rings. The Morgan fingerprint density at radius 2 is 2.38 bits per heavy atom. The summed E-state index contributed by atoms with van der Waals surface area (Å²) < 4.78 is 5.66. The predicted octanol–water partition coefficient (Wildman–Crippen LogP) is 2.11. The van der Waals surface area contributed by atoms with E-state index < -0.39 is 0 Å². The topological polar surface area (TPSA) is 21.3 Å². The summed E-state index contributed by atoms with van der Waals surface area (Å²) >= 11 is 0. The van der Waals surface area contributed by atoms with Crippen molar-refractivity contribution in [2.24, 2.45) is 0 Å². The SMILES string of the molecule is C=C(CC)CNCC1(C)CCCO1. The second-order valence-electron chi connectivity index (χ2n) is 4.11. The van der Waals surface area contributed by atoms with Gasteiger partial charge in [-0.1, -0.05) is 19.1 Å². The Morgan fingerprint density at radius 3 is 2.92 bits per heavy atom. The van der Waals surface area contributed by atoms with Crippen LogP contribution < -0.4 is 5.32 Å². The monoisotopic (exact) mass is 183 g/mol. The Balaban J connectivity index is 2.14. The number of hydrogen-bond donors (Lipinski definition) is 1. The van der Waals surface area contributed by atoms with Gasteiger partial charge in [0.05, 0.1) is 5.60 Å². The smallest absolute Gasteiger partial charge is 0.0779 e. The summed E-state index contributed by atoms with van der Waals surface area (Å²) in [5, 5.41) is 3.39. The zero-order valence-electron chi connectivity index (χ0n) is 8.86. The number of nitrogens with one attached hydrogen (secondary N) is 1. The van der Waals surface area contributed by atoms with E-state index in [-0.39, 0.29) is 5.60 Å². The summed E-state index contributed by atoms with van der Waals surface area (Å²) in [5.41, 5.74) is 1.34. The first-order valence-corrected chi connectivity index (χ1v) is 5.17. The lowest BCUT2D eigenvalue weighted by Crippen LogP contribution is -2.37. The van der Waals surface area contributed by atoms with Crippen LogP contribution in [0, 0.1) is 0 Å². The van der Waals surface area contributed by atoms with Gasteiger partial charge in [-0.3, -0.25) is 0 Å². The zero-order valence-corrected chi connectivity index (χ0v) is 8.86. The van der Waals surface area contributed by atoms with E-state index in [0.29, 0.717) is 0 Å². The highest BCUT2D eigenvalue weighted by Gasteiger charge is 2.28. The molecule has 1 heterocycles. The minimum absolute atomic E-state index is 0.0774. The molecule has 1 rings (SSSR count). The van der Waals surface area contributed by atoms with Crippen LogP contribution in [0.4, 0.5) is 0 Å². The molecule has 0 radical (unpaired) electrons. The third-order valence-corrected chi connectivity index (χ3v) is 2.67. The van der Waals surface area contributed by atoms with Crippen molar-refractivity contribution in [3.05, 3.63) is 12.2 Å². The molecule has 0 saturated carbocycles. The van der Waals surface area contributed by atoms with E-state index in [0.717, 1.165) is 26.1 Å². The molecule has 76 valence electrons. The molecule has 1 unspecified atom stereocenters. The highest BCUT2D eigenvalue weighted by Crippen LogP contribution is 2.23. The normalized spacial score (nSPS) is 27.8. The first-order valence-electron chi connectivity index (χ1n) is 5.17. The summed E-state index contributed by atoms with van der Waals surface area (Å²) in [6.45, 7) is 11.1. The second-order valence-corrected chi connectivity index (χ2v) is 4.11. The van der Waals surface area contributed by atoms with Crippen molar-refractivity contribution < 1.29 is 4.74 Å². The van der Waals surface area contributed by atoms with Crippen LogP contribution in [0.5, 0.6) is 0 Å². The quantitative estimate of drug-likeness (QED) is 0.659. The maximum atomic E-state index is 5.66. The van der Waals surface area contributed by atoms with Crippen LogP contribution in [-0.2, 0) is 4.74 Å². The van der Waals surface area contributed by atoms with Crippen LogP contribution in [0.15, 0.2) is 12.2 Å². The van der Waals surface area contributed by atoms with Gasteiger partial charge in [0, 0.05) is 19.7 Å². The first-order chi connectivity index (χ1) is 6.16. The third kappa shape index (κ3) is 3.49. The number of ether oxygens (including phenoxy) is 1. The average molecular weight is 183 g/mol. The molecule has 1 N–H and O–H groups in total. The highest BCUT2D eigenvalue weighted by atomic mass is 16.5. The van der Waals surface area contributed by atoms with E-state index in [4.69, 9.17) is 4.74 Å². The van der Waals surface area contributed by atoms with Crippen molar-refractivity contribution in [2.45, 2.75) is 38.7 Å². The van der Waals surface area contributed by atoms with E-state index in [2.05, 4.69) is 25.7 Å². The maximum Gasteiger partial charge on any atom is 0.0779 e. The molecule has 0 bridgehead atoms. The van der Waals surface area contributed by atoms with E-state index in [1.54, 1.807) is 0 Å². The molecular weight excluding hydrogens is 162 g/mol. The fourth-order valence-corrected chi connectivity index (χ4v) is 1.60. The van der Waals surface area contributed by atoms with Crippen LogP contribution in [0.2, 0.25) is 0 Å². The van der Waals surface area contributed by atoms with Gasteiger partial charge in [-0.05, 0) is 26.2 Å². The van der Waals surface area contributed by atoms with Gasteiger partial charge in [0.25, 0.3) is 0 Å². The summed E-state index contributed by atoms with van der Waals surface area (Å²) in [5.74, 6) is 0. The van der Waals surface area contributed by atoms with Gasteiger partial charge in [-0.15, -0.1) is 0 Å². The molecule has 0 aromatic carbocycles. The fraction of sp³-hybridized carbons (Fsp3) is 0.818. The third-order valence-electron chi connectivity index (χ3n) is 2.67. The molecule has 1 atom stereocenters. The van der Waals surface area contributed by atoms with Gasteiger partial charge >= 0.3 is 0 Å². The Hall–Kier alpha value is -0.340. The molecule has 2 heteroatoms. The minimum atomic E-state index is 0.0774. The van der Waals surface area contributed by atoms with Gasteiger partial charge in [0.2, 0.25) is 0 Å². The summed E-state index contributed by atoms with van der Waals surface area (Å²) in [7, 11) is 0. The molecular formula is C11H21NO. The van der Waals surface area contributed by atoms with Crippen molar-refractivity contribution in [1.82, 2.24) is 5.32 Å². The molecule has 2 nitrogen and oxygen atoms in total. The molecule has 1 saturated heterocycles. The number of rotatable bonds is 5. The van der Waals surface area contributed by atoms with Crippen molar-refractivity contribution in [2.75, 3.05) is 19.7 Å². The van der Waals surface area contributed by atoms with Crippen LogP contribution in [0.3, 0.4) is 0 Å². The standard InChI is InChI=1S/C11H21NO/c1-4-10(2)8-12-9-11(3)6-5-7-13-11/h12H,2,4-9H2,1,3H3. The minimum Gasteiger partial charge on any atom is -0.374 e. The fourth-order valence-electron chi connectivity index (χ4n) is 1.60. The maximum absolute atomic E-state index is 5.66. The van der Waals surface area contributed by atoms with E-state index >= 15 is 0 Å². The van der Waals surface area contributed by atoms with Gasteiger partial charge in [0.1, 0.15) is 0 Å². The molecule has 0 spiro atoms. The Labute approximate surface area is 81.4 Å². The molecule has 0 amide bonds. The Kier molecular flexibility index (Phi) is 3.94. The average Bonchev–Trinajstić information content (AvgIpc) is 2.52. The van der Waals surface area contributed by atoms with Crippen molar-refractivity contribution in [3.8, 4) is 0 Å². The summed E-state index contributed by atoms with van der Waals surface area (Å²) in [4.78, 5) is 0. The van der Waals surface area contributed by atoms with Gasteiger partial charge in [-0.2, -0.15) is 0 Å². The Morgan fingerprint density at radius 1 is 1.62 bits per heavy atom. The van der Waals surface area contributed by atoms with Gasteiger partial charge in [-0.25, -0.2) is 0 Å². The molecule has 1 fully saturated rings. The largest absolute Gasteiger partial charge is 0.374 e. The molecule has 0 aliphatic carbocycles. The van der Waals surface area contributed by atoms with Crippen molar-refractivity contribution >= 4 is 0 Å².